The lowest BCUT2D eigenvalue weighted by Gasteiger charge is -2.28. The van der Waals surface area contributed by atoms with Crippen molar-refractivity contribution < 1.29 is 23.8 Å². The van der Waals surface area contributed by atoms with Crippen LogP contribution < -0.4 is 11.5 Å². The molecule has 188 valence electrons. The molecule has 4 N–H and O–H groups in total. The Morgan fingerprint density at radius 3 is 2.37 bits per heavy atom. The van der Waals surface area contributed by atoms with E-state index in [9.17, 15) is 9.59 Å². The van der Waals surface area contributed by atoms with Crippen LogP contribution in [-0.4, -0.2) is 30.8 Å². The van der Waals surface area contributed by atoms with Gasteiger partial charge >= 0.3 is 11.9 Å². The molecule has 7 heteroatoms. The zero-order valence-electron chi connectivity index (χ0n) is 20.4. The fourth-order valence-corrected chi connectivity index (χ4v) is 3.97. The molecule has 0 bridgehead atoms. The second kappa shape index (κ2) is 13.5. The lowest BCUT2D eigenvalue weighted by Crippen LogP contribution is -2.28. The zero-order valence-corrected chi connectivity index (χ0v) is 20.4. The normalized spacial score (nSPS) is 17.9. The number of ether oxygens (including phenoxy) is 3. The second-order valence-electron chi connectivity index (χ2n) is 8.90. The molecule has 0 atom stereocenters. The van der Waals surface area contributed by atoms with E-state index in [0.29, 0.717) is 22.5 Å². The van der Waals surface area contributed by atoms with Crippen molar-refractivity contribution in [3.63, 3.8) is 0 Å². The average Bonchev–Trinajstić information content (AvgIpc) is 2.86. The highest BCUT2D eigenvalue weighted by Gasteiger charge is 2.24. The van der Waals surface area contributed by atoms with Gasteiger partial charge in [-0.15, -0.1) is 0 Å². The third-order valence-electron chi connectivity index (χ3n) is 6.09. The zero-order chi connectivity index (χ0) is 25.0. The van der Waals surface area contributed by atoms with Crippen molar-refractivity contribution in [2.24, 2.45) is 0 Å². The Hall–Kier alpha value is -3.32. The van der Waals surface area contributed by atoms with E-state index in [4.69, 9.17) is 25.7 Å². The van der Waals surface area contributed by atoms with E-state index in [1.54, 1.807) is 48.5 Å². The summed E-state index contributed by atoms with van der Waals surface area (Å²) in [4.78, 5) is 24.5. The van der Waals surface area contributed by atoms with Crippen LogP contribution in [0.1, 0.15) is 73.4 Å². The molecule has 1 fully saturated rings. The molecule has 0 aliphatic heterocycles. The number of hydrogen-bond donors (Lipinski definition) is 2. The Morgan fingerprint density at radius 2 is 1.69 bits per heavy atom. The quantitative estimate of drug-likeness (QED) is 0.195. The highest BCUT2D eigenvalue weighted by molar-refractivity contribution is 5.90. The molecular weight excluding hydrogens is 444 g/mol. The minimum absolute atomic E-state index is 0.0625. The van der Waals surface area contributed by atoms with Gasteiger partial charge in [-0.1, -0.05) is 38.0 Å². The van der Waals surface area contributed by atoms with Crippen molar-refractivity contribution >= 4 is 29.4 Å². The van der Waals surface area contributed by atoms with E-state index >= 15 is 0 Å². The first kappa shape index (κ1) is 26.3. The van der Waals surface area contributed by atoms with Crippen molar-refractivity contribution in [2.75, 3.05) is 18.1 Å². The number of anilines is 2. The van der Waals surface area contributed by atoms with Gasteiger partial charge in [0.15, 0.2) is 0 Å². The molecule has 2 aromatic carbocycles. The van der Waals surface area contributed by atoms with Crippen LogP contribution in [0.3, 0.4) is 0 Å². The lowest BCUT2D eigenvalue weighted by atomic mass is 9.95. The van der Waals surface area contributed by atoms with E-state index in [1.165, 1.54) is 18.9 Å². The fraction of sp³-hybridized carbons (Fsp3) is 0.429. The topological polar surface area (TPSA) is 114 Å². The van der Waals surface area contributed by atoms with Gasteiger partial charge in [0.25, 0.3) is 0 Å². The molecule has 1 saturated carbocycles. The summed E-state index contributed by atoms with van der Waals surface area (Å²) in [5.41, 5.74) is 14.5. The summed E-state index contributed by atoms with van der Waals surface area (Å²) >= 11 is 0. The minimum atomic E-state index is -0.491. The molecule has 1 aliphatic rings. The Kier molecular flexibility index (Phi) is 10.2. The summed E-state index contributed by atoms with van der Waals surface area (Å²) in [6.07, 6.45) is 10.2. The molecule has 7 nitrogen and oxygen atoms in total. The van der Waals surface area contributed by atoms with Crippen LogP contribution in [0.2, 0.25) is 0 Å². The first-order chi connectivity index (χ1) is 16.9. The number of benzene rings is 2. The van der Waals surface area contributed by atoms with Gasteiger partial charge in [0, 0.05) is 29.6 Å². The number of carbonyl (C=O) groups is 2. The number of nitrogen functional groups attached to an aromatic ring is 2. The van der Waals surface area contributed by atoms with E-state index in [0.717, 1.165) is 44.3 Å². The average molecular weight is 481 g/mol. The molecular formula is C28H36N2O5. The summed E-state index contributed by atoms with van der Waals surface area (Å²) in [6, 6.07) is 12.0. The standard InChI is InChI=1S/C28H36N2O5/c1-2-3-4-17-33-24-12-14-25(15-13-24)35-28(32)21-8-5-20(6-9-21)7-16-27(31)34-19-22-10-11-23(29)18-26(22)30/h5-11,16,18,24-25H,2-4,12-15,17,19,29-30H2,1H3. The second-order valence-corrected chi connectivity index (χ2v) is 8.90. The van der Waals surface area contributed by atoms with Crippen molar-refractivity contribution in [1.29, 1.82) is 0 Å². The molecule has 0 saturated heterocycles. The van der Waals surface area contributed by atoms with Gasteiger partial charge in [0.2, 0.25) is 0 Å². The van der Waals surface area contributed by atoms with Crippen molar-refractivity contribution in [2.45, 2.75) is 70.7 Å². The van der Waals surface area contributed by atoms with Gasteiger partial charge in [0.05, 0.1) is 11.7 Å². The Labute approximate surface area is 207 Å². The van der Waals surface area contributed by atoms with Crippen LogP contribution >= 0.6 is 0 Å². The van der Waals surface area contributed by atoms with Gasteiger partial charge in [-0.2, -0.15) is 0 Å². The van der Waals surface area contributed by atoms with E-state index in [1.807, 2.05) is 0 Å². The van der Waals surface area contributed by atoms with Crippen LogP contribution in [0.25, 0.3) is 6.08 Å². The summed E-state index contributed by atoms with van der Waals surface area (Å²) < 4.78 is 16.9. The number of carbonyl (C=O) groups excluding carboxylic acids is 2. The number of esters is 2. The summed E-state index contributed by atoms with van der Waals surface area (Å²) in [6.45, 7) is 3.06. The van der Waals surface area contributed by atoms with Gasteiger partial charge in [-0.25, -0.2) is 9.59 Å². The van der Waals surface area contributed by atoms with Crippen molar-refractivity contribution in [1.82, 2.24) is 0 Å². The summed E-state index contributed by atoms with van der Waals surface area (Å²) in [5, 5.41) is 0. The highest BCUT2D eigenvalue weighted by Crippen LogP contribution is 2.25. The van der Waals surface area contributed by atoms with Gasteiger partial charge in [0.1, 0.15) is 12.7 Å². The largest absolute Gasteiger partial charge is 0.459 e. The molecule has 0 heterocycles. The van der Waals surface area contributed by atoms with Gasteiger partial charge in [-0.05, 0) is 68.0 Å². The number of rotatable bonds is 11. The fourth-order valence-electron chi connectivity index (χ4n) is 3.97. The van der Waals surface area contributed by atoms with E-state index in [2.05, 4.69) is 6.92 Å². The maximum atomic E-state index is 12.5. The summed E-state index contributed by atoms with van der Waals surface area (Å²) in [7, 11) is 0. The van der Waals surface area contributed by atoms with Gasteiger partial charge in [-0.3, -0.25) is 0 Å². The number of nitrogens with two attached hydrogens (primary N) is 2. The maximum absolute atomic E-state index is 12.5. The SMILES string of the molecule is CCCCCOC1CCC(OC(=O)c2ccc(C=CC(=O)OCc3ccc(N)cc3N)cc2)CC1. The van der Waals surface area contributed by atoms with E-state index < -0.39 is 5.97 Å². The maximum Gasteiger partial charge on any atom is 0.338 e. The molecule has 0 spiro atoms. The predicted molar refractivity (Wildman–Crippen MR) is 137 cm³/mol. The first-order valence-electron chi connectivity index (χ1n) is 12.4. The van der Waals surface area contributed by atoms with Crippen LogP contribution in [0.5, 0.6) is 0 Å². The number of hydrogen-bond acceptors (Lipinski definition) is 7. The van der Waals surface area contributed by atoms with E-state index in [-0.39, 0.29) is 24.8 Å². The predicted octanol–water partition coefficient (Wildman–Crippen LogP) is 5.28. The minimum Gasteiger partial charge on any atom is -0.459 e. The van der Waals surface area contributed by atoms with Crippen LogP contribution in [-0.2, 0) is 25.6 Å². The lowest BCUT2D eigenvalue weighted by molar-refractivity contribution is -0.138. The third kappa shape index (κ3) is 8.76. The summed E-state index contributed by atoms with van der Waals surface area (Å²) in [5.74, 6) is -0.817. The Morgan fingerprint density at radius 1 is 0.971 bits per heavy atom. The van der Waals surface area contributed by atoms with Crippen molar-refractivity contribution in [3.05, 3.63) is 65.2 Å². The highest BCUT2D eigenvalue weighted by atomic mass is 16.5. The molecule has 0 amide bonds. The number of unbranched alkanes of at least 4 members (excludes halogenated alkanes) is 2. The van der Waals surface area contributed by atoms with Crippen LogP contribution in [0, 0.1) is 0 Å². The van der Waals surface area contributed by atoms with Gasteiger partial charge < -0.3 is 25.7 Å². The molecule has 0 radical (unpaired) electrons. The van der Waals surface area contributed by atoms with Crippen molar-refractivity contribution in [3.8, 4) is 0 Å². The Bertz CT molecular complexity index is 995. The Balaban J connectivity index is 1.40. The van der Waals surface area contributed by atoms with Crippen LogP contribution in [0.4, 0.5) is 11.4 Å². The molecule has 0 unspecified atom stereocenters. The monoisotopic (exact) mass is 480 g/mol. The molecule has 35 heavy (non-hydrogen) atoms. The third-order valence-corrected chi connectivity index (χ3v) is 6.09. The molecule has 3 rings (SSSR count). The molecule has 2 aromatic rings. The molecule has 0 aromatic heterocycles. The molecule has 1 aliphatic carbocycles. The van der Waals surface area contributed by atoms with Crippen LogP contribution in [0.15, 0.2) is 48.5 Å². The smallest absolute Gasteiger partial charge is 0.338 e. The first-order valence-corrected chi connectivity index (χ1v) is 12.4.